The Labute approximate surface area is 92.3 Å². The monoisotopic (exact) mass is 259 g/mol. The highest BCUT2D eigenvalue weighted by molar-refractivity contribution is 9.10. The molecule has 14 heavy (non-hydrogen) atoms. The van der Waals surface area contributed by atoms with E-state index < -0.39 is 0 Å². The third-order valence-electron chi connectivity index (χ3n) is 2.17. The number of nitrogens with two attached hydrogens (primary N) is 1. The summed E-state index contributed by atoms with van der Waals surface area (Å²) in [4.78, 5) is 0. The molecule has 0 aliphatic heterocycles. The van der Waals surface area contributed by atoms with Crippen LogP contribution in [0.1, 0.15) is 11.1 Å². The van der Waals surface area contributed by atoms with Crippen LogP contribution in [0.3, 0.4) is 0 Å². The van der Waals surface area contributed by atoms with Crippen LogP contribution in [0.25, 0.3) is 0 Å². The van der Waals surface area contributed by atoms with E-state index in [0.717, 1.165) is 21.3 Å². The second kappa shape index (κ2) is 4.66. The minimum absolute atomic E-state index is 0.491. The van der Waals surface area contributed by atoms with Gasteiger partial charge in [0.05, 0.1) is 18.7 Å². The fourth-order valence-electron chi connectivity index (χ4n) is 1.40. The van der Waals surface area contributed by atoms with Crippen molar-refractivity contribution in [3.8, 4) is 11.5 Å². The van der Waals surface area contributed by atoms with E-state index in [1.54, 1.807) is 14.2 Å². The highest BCUT2D eigenvalue weighted by Gasteiger charge is 2.14. The van der Waals surface area contributed by atoms with Crippen molar-refractivity contribution in [2.24, 2.45) is 5.73 Å². The topological polar surface area (TPSA) is 44.5 Å². The minimum Gasteiger partial charge on any atom is -0.493 e. The van der Waals surface area contributed by atoms with Gasteiger partial charge in [0.15, 0.2) is 11.5 Å². The second-order valence-corrected chi connectivity index (χ2v) is 3.77. The van der Waals surface area contributed by atoms with Crippen LogP contribution in [-0.2, 0) is 6.54 Å². The van der Waals surface area contributed by atoms with Gasteiger partial charge in [-0.25, -0.2) is 0 Å². The molecule has 0 radical (unpaired) electrons. The predicted octanol–water partition coefficient (Wildman–Crippen LogP) is 2.23. The Morgan fingerprint density at radius 2 is 1.86 bits per heavy atom. The number of rotatable bonds is 3. The summed E-state index contributed by atoms with van der Waals surface area (Å²) in [6.45, 7) is 2.46. The van der Waals surface area contributed by atoms with Crippen LogP contribution < -0.4 is 15.2 Å². The molecule has 0 saturated heterocycles. The van der Waals surface area contributed by atoms with E-state index in [1.165, 1.54) is 0 Å². The van der Waals surface area contributed by atoms with E-state index in [4.69, 9.17) is 15.2 Å². The quantitative estimate of drug-likeness (QED) is 0.906. The van der Waals surface area contributed by atoms with E-state index in [0.29, 0.717) is 12.3 Å². The van der Waals surface area contributed by atoms with Crippen LogP contribution in [0.15, 0.2) is 10.5 Å². The maximum atomic E-state index is 5.62. The third-order valence-corrected chi connectivity index (χ3v) is 2.76. The molecule has 0 amide bonds. The molecule has 0 aromatic heterocycles. The zero-order chi connectivity index (χ0) is 10.7. The molecule has 0 aliphatic carbocycles. The molecule has 0 bridgehead atoms. The predicted molar refractivity (Wildman–Crippen MR) is 59.9 cm³/mol. The van der Waals surface area contributed by atoms with Crippen LogP contribution in [-0.4, -0.2) is 14.2 Å². The third kappa shape index (κ3) is 1.86. The van der Waals surface area contributed by atoms with E-state index in [2.05, 4.69) is 15.9 Å². The maximum absolute atomic E-state index is 5.62. The first-order valence-electron chi connectivity index (χ1n) is 4.25. The molecular formula is C10H14BrNO2. The molecule has 0 unspecified atom stereocenters. The molecule has 4 heteroatoms. The highest BCUT2D eigenvalue weighted by atomic mass is 79.9. The zero-order valence-electron chi connectivity index (χ0n) is 8.56. The Hall–Kier alpha value is -0.740. The Morgan fingerprint density at radius 3 is 2.29 bits per heavy atom. The summed E-state index contributed by atoms with van der Waals surface area (Å²) in [5.41, 5.74) is 7.69. The molecule has 0 saturated carbocycles. The van der Waals surface area contributed by atoms with Crippen molar-refractivity contribution in [3.63, 3.8) is 0 Å². The van der Waals surface area contributed by atoms with Gasteiger partial charge in [0.1, 0.15) is 0 Å². The van der Waals surface area contributed by atoms with Crippen molar-refractivity contribution >= 4 is 15.9 Å². The molecule has 1 aromatic carbocycles. The van der Waals surface area contributed by atoms with Gasteiger partial charge in [0.25, 0.3) is 0 Å². The average molecular weight is 260 g/mol. The molecule has 78 valence electrons. The lowest BCUT2D eigenvalue weighted by Crippen LogP contribution is -2.03. The first kappa shape index (κ1) is 11.3. The second-order valence-electron chi connectivity index (χ2n) is 2.91. The molecule has 0 spiro atoms. The summed E-state index contributed by atoms with van der Waals surface area (Å²) in [6.07, 6.45) is 0. The van der Waals surface area contributed by atoms with Gasteiger partial charge in [0.2, 0.25) is 0 Å². The van der Waals surface area contributed by atoms with Gasteiger partial charge in [-0.3, -0.25) is 0 Å². The number of hydrogen-bond donors (Lipinski definition) is 1. The lowest BCUT2D eigenvalue weighted by atomic mass is 10.1. The van der Waals surface area contributed by atoms with Crippen molar-refractivity contribution in [1.82, 2.24) is 0 Å². The van der Waals surface area contributed by atoms with Crippen LogP contribution in [0, 0.1) is 6.92 Å². The van der Waals surface area contributed by atoms with Gasteiger partial charge < -0.3 is 15.2 Å². The van der Waals surface area contributed by atoms with Crippen molar-refractivity contribution in [2.75, 3.05) is 14.2 Å². The molecule has 1 rings (SSSR count). The van der Waals surface area contributed by atoms with Gasteiger partial charge in [-0.05, 0) is 40.0 Å². The first-order chi connectivity index (χ1) is 6.65. The molecule has 1 aromatic rings. The summed E-state index contributed by atoms with van der Waals surface area (Å²) in [7, 11) is 3.24. The number of benzene rings is 1. The summed E-state index contributed by atoms with van der Waals surface area (Å²) >= 11 is 3.41. The largest absolute Gasteiger partial charge is 0.493 e. The fourth-order valence-corrected chi connectivity index (χ4v) is 2.02. The Morgan fingerprint density at radius 1 is 1.29 bits per heavy atom. The summed E-state index contributed by atoms with van der Waals surface area (Å²) in [6, 6.07) is 1.96. The molecule has 0 aliphatic rings. The van der Waals surface area contributed by atoms with Gasteiger partial charge in [-0.15, -0.1) is 0 Å². The van der Waals surface area contributed by atoms with Crippen molar-refractivity contribution in [1.29, 1.82) is 0 Å². The molecule has 0 heterocycles. The molecule has 0 atom stereocenters. The smallest absolute Gasteiger partial charge is 0.175 e. The highest BCUT2D eigenvalue weighted by Crippen LogP contribution is 2.39. The SMILES string of the molecule is COc1c(Br)cc(CN)c(C)c1OC. The zero-order valence-corrected chi connectivity index (χ0v) is 10.1. The Kier molecular flexibility index (Phi) is 3.77. The summed E-state index contributed by atoms with van der Waals surface area (Å²) < 4.78 is 11.4. The molecule has 3 nitrogen and oxygen atoms in total. The number of hydrogen-bond acceptors (Lipinski definition) is 3. The summed E-state index contributed by atoms with van der Waals surface area (Å²) in [5.74, 6) is 1.45. The van der Waals surface area contributed by atoms with Crippen LogP contribution in [0.4, 0.5) is 0 Å². The average Bonchev–Trinajstić information content (AvgIpc) is 2.20. The van der Waals surface area contributed by atoms with Crippen LogP contribution in [0.5, 0.6) is 11.5 Å². The first-order valence-corrected chi connectivity index (χ1v) is 5.05. The fraction of sp³-hybridized carbons (Fsp3) is 0.400. The number of methoxy groups -OCH3 is 2. The van der Waals surface area contributed by atoms with Gasteiger partial charge >= 0.3 is 0 Å². The van der Waals surface area contributed by atoms with Gasteiger partial charge in [0, 0.05) is 6.54 Å². The summed E-state index contributed by atoms with van der Waals surface area (Å²) in [5, 5.41) is 0. The van der Waals surface area contributed by atoms with Crippen molar-refractivity contribution in [3.05, 3.63) is 21.7 Å². The van der Waals surface area contributed by atoms with Crippen molar-refractivity contribution < 1.29 is 9.47 Å². The maximum Gasteiger partial charge on any atom is 0.175 e. The molecule has 0 fully saturated rings. The lowest BCUT2D eigenvalue weighted by Gasteiger charge is -2.15. The minimum atomic E-state index is 0.491. The van der Waals surface area contributed by atoms with Crippen molar-refractivity contribution in [2.45, 2.75) is 13.5 Å². The Balaban J connectivity index is 3.40. The number of ether oxygens (including phenoxy) is 2. The van der Waals surface area contributed by atoms with E-state index in [-0.39, 0.29) is 0 Å². The molecule has 2 N–H and O–H groups in total. The number of halogens is 1. The lowest BCUT2D eigenvalue weighted by molar-refractivity contribution is 0.350. The van der Waals surface area contributed by atoms with Crippen LogP contribution >= 0.6 is 15.9 Å². The van der Waals surface area contributed by atoms with E-state index in [1.807, 2.05) is 13.0 Å². The molecular weight excluding hydrogens is 246 g/mol. The van der Waals surface area contributed by atoms with Gasteiger partial charge in [-0.2, -0.15) is 0 Å². The standard InChI is InChI=1S/C10H14BrNO2/c1-6-7(5-12)4-8(11)10(14-3)9(6)13-2/h4H,5,12H2,1-3H3. The van der Waals surface area contributed by atoms with Gasteiger partial charge in [-0.1, -0.05) is 0 Å². The van der Waals surface area contributed by atoms with Crippen LogP contribution in [0.2, 0.25) is 0 Å². The Bertz CT molecular complexity index is 339. The van der Waals surface area contributed by atoms with E-state index in [9.17, 15) is 0 Å². The normalized spacial score (nSPS) is 10.1. The van der Waals surface area contributed by atoms with E-state index >= 15 is 0 Å².